The van der Waals surface area contributed by atoms with Crippen LogP contribution in [0, 0.1) is 0 Å². The van der Waals surface area contributed by atoms with Crippen molar-refractivity contribution >= 4 is 33.9 Å². The van der Waals surface area contributed by atoms with Crippen LogP contribution in [0.15, 0.2) is 80.1 Å². The Kier molecular flexibility index (Phi) is 8.15. The summed E-state index contributed by atoms with van der Waals surface area (Å²) < 4.78 is 22.2. The van der Waals surface area contributed by atoms with Crippen LogP contribution in [0.1, 0.15) is 32.2 Å². The molecule has 11 nitrogen and oxygen atoms in total. The van der Waals surface area contributed by atoms with Crippen molar-refractivity contribution in [3.8, 4) is 11.5 Å². The number of aliphatic hydroxyl groups excluding tert-OH is 1. The first-order chi connectivity index (χ1) is 19.1. The number of aromatic carboxylic acids is 2. The summed E-state index contributed by atoms with van der Waals surface area (Å²) in [4.78, 5) is 48.2. The van der Waals surface area contributed by atoms with E-state index < -0.39 is 40.4 Å². The number of ether oxygens (including phenoxy) is 2. The lowest BCUT2D eigenvalue weighted by atomic mass is 10.1. The van der Waals surface area contributed by atoms with Crippen LogP contribution in [0.5, 0.6) is 11.5 Å². The number of fused-ring (bicyclic) bond motifs is 2. The van der Waals surface area contributed by atoms with Crippen molar-refractivity contribution in [2.24, 2.45) is 0 Å². The van der Waals surface area contributed by atoms with Crippen LogP contribution in [0.25, 0.3) is 21.9 Å². The highest BCUT2D eigenvalue weighted by atomic mass is 16.5. The van der Waals surface area contributed by atoms with Crippen molar-refractivity contribution in [1.82, 2.24) is 0 Å². The number of rotatable bonds is 12. The minimum atomic E-state index is -1.40. The van der Waals surface area contributed by atoms with Gasteiger partial charge in [-0.3, -0.25) is 9.59 Å². The van der Waals surface area contributed by atoms with Crippen LogP contribution in [-0.4, -0.2) is 46.6 Å². The monoisotopic (exact) mass is 548 g/mol. The molecule has 0 radical (unpaired) electrons. The third kappa shape index (κ3) is 5.64. The fourth-order valence-corrected chi connectivity index (χ4v) is 4.08. The number of carboxylic acid groups (broad SMARTS) is 2. The highest BCUT2D eigenvalue weighted by molar-refractivity contribution is 5.92. The molecule has 0 unspecified atom stereocenters. The van der Waals surface area contributed by atoms with Gasteiger partial charge in [0, 0.05) is 12.1 Å². The summed E-state index contributed by atoms with van der Waals surface area (Å²) in [5, 5.41) is 29.1. The number of carboxylic acids is 2. The van der Waals surface area contributed by atoms with Crippen LogP contribution in [0.4, 0.5) is 0 Å². The summed E-state index contributed by atoms with van der Waals surface area (Å²) in [5.74, 6) is -3.73. The molecule has 0 saturated carbocycles. The Bertz CT molecular complexity index is 1630. The molecule has 0 bridgehead atoms. The molecule has 0 aliphatic heterocycles. The van der Waals surface area contributed by atoms with Gasteiger partial charge in [-0.2, -0.15) is 0 Å². The van der Waals surface area contributed by atoms with Crippen molar-refractivity contribution in [3.05, 3.63) is 105 Å². The van der Waals surface area contributed by atoms with Crippen molar-refractivity contribution in [1.29, 1.82) is 0 Å². The molecule has 0 saturated heterocycles. The molecule has 2 heterocycles. The first kappa shape index (κ1) is 27.9. The third-order valence-corrected chi connectivity index (χ3v) is 5.86. The van der Waals surface area contributed by atoms with Gasteiger partial charge in [0.2, 0.25) is 11.5 Å². The zero-order chi connectivity index (χ0) is 29.0. The van der Waals surface area contributed by atoms with Gasteiger partial charge in [0.25, 0.3) is 0 Å². The summed E-state index contributed by atoms with van der Waals surface area (Å²) in [5.41, 5.74) is -0.151. The zero-order valence-corrected chi connectivity index (χ0v) is 21.0. The first-order valence-corrected chi connectivity index (χ1v) is 12.0. The molecule has 0 fully saturated rings. The summed E-state index contributed by atoms with van der Waals surface area (Å²) in [7, 11) is 0. The van der Waals surface area contributed by atoms with Crippen molar-refractivity contribution in [3.63, 3.8) is 0 Å². The molecule has 2 aromatic carbocycles. The van der Waals surface area contributed by atoms with Crippen LogP contribution in [0.3, 0.4) is 0 Å². The molecule has 3 N–H and O–H groups in total. The quantitative estimate of drug-likeness (QED) is 0.221. The fraction of sp³-hybridized carbons (Fsp3) is 0.172. The average Bonchev–Trinajstić information content (AvgIpc) is 2.92. The van der Waals surface area contributed by atoms with Gasteiger partial charge in [-0.15, -0.1) is 13.2 Å². The van der Waals surface area contributed by atoms with Gasteiger partial charge in [0.05, 0.1) is 0 Å². The van der Waals surface area contributed by atoms with E-state index in [-0.39, 0.29) is 46.7 Å². The van der Waals surface area contributed by atoms with Gasteiger partial charge in [0.1, 0.15) is 52.8 Å². The lowest BCUT2D eigenvalue weighted by Crippen LogP contribution is -2.25. The predicted octanol–water partition coefficient (Wildman–Crippen LogP) is 3.57. The number of hydrogen-bond donors (Lipinski definition) is 3. The van der Waals surface area contributed by atoms with E-state index in [1.807, 2.05) is 0 Å². The topological polar surface area (TPSA) is 174 Å². The second-order valence-electron chi connectivity index (χ2n) is 8.68. The highest BCUT2D eigenvalue weighted by Gasteiger charge is 2.20. The Morgan fingerprint density at radius 2 is 1.18 bits per heavy atom. The van der Waals surface area contributed by atoms with Gasteiger partial charge >= 0.3 is 11.9 Å². The molecule has 0 aliphatic carbocycles. The number of benzene rings is 2. The van der Waals surface area contributed by atoms with E-state index >= 15 is 0 Å². The minimum absolute atomic E-state index is 0.00751. The van der Waals surface area contributed by atoms with E-state index in [4.69, 9.17) is 18.3 Å². The van der Waals surface area contributed by atoms with E-state index in [1.165, 1.54) is 12.1 Å². The molecular weight excluding hydrogens is 524 g/mol. The number of aliphatic hydroxyl groups is 1. The van der Waals surface area contributed by atoms with Crippen LogP contribution >= 0.6 is 0 Å². The normalized spacial score (nSPS) is 11.1. The van der Waals surface area contributed by atoms with Gasteiger partial charge in [-0.1, -0.05) is 24.3 Å². The summed E-state index contributed by atoms with van der Waals surface area (Å²) in [6.45, 7) is 6.63. The lowest BCUT2D eigenvalue weighted by molar-refractivity contribution is 0.0636. The van der Waals surface area contributed by atoms with Gasteiger partial charge in [-0.25, -0.2) is 9.59 Å². The zero-order valence-electron chi connectivity index (χ0n) is 21.0. The number of hydrogen-bond acceptors (Lipinski definition) is 9. The molecule has 40 heavy (non-hydrogen) atoms. The Morgan fingerprint density at radius 3 is 1.52 bits per heavy atom. The molecular formula is C29H24O11. The third-order valence-electron chi connectivity index (χ3n) is 5.86. The largest absolute Gasteiger partial charge is 0.490 e. The Hall–Kier alpha value is -5.16. The maximum absolute atomic E-state index is 12.7. The Morgan fingerprint density at radius 1 is 0.775 bits per heavy atom. The second kappa shape index (κ2) is 11.7. The number of allylic oxidation sites excluding steroid dienone is 2. The van der Waals surface area contributed by atoms with E-state index in [0.29, 0.717) is 24.0 Å². The molecule has 0 spiro atoms. The minimum Gasteiger partial charge on any atom is -0.490 e. The summed E-state index contributed by atoms with van der Waals surface area (Å²) in [6, 6.07) is 7.89. The smallest absolute Gasteiger partial charge is 0.371 e. The molecule has 2 aromatic heterocycles. The van der Waals surface area contributed by atoms with Crippen LogP contribution in [-0.2, 0) is 12.8 Å². The Labute approximate surface area is 225 Å². The van der Waals surface area contributed by atoms with E-state index in [2.05, 4.69) is 13.2 Å². The SMILES string of the molecule is C=CCc1ccc(OCC(O)COc2ccc(CC=C)c3oc(C(=O)O)cc(=O)c23)c2c(=O)cc(C(=O)O)oc12. The Balaban J connectivity index is 1.57. The lowest BCUT2D eigenvalue weighted by Gasteiger charge is -2.16. The maximum atomic E-state index is 12.7. The molecule has 4 aromatic rings. The van der Waals surface area contributed by atoms with E-state index in [9.17, 15) is 34.5 Å². The predicted molar refractivity (Wildman–Crippen MR) is 144 cm³/mol. The molecule has 0 amide bonds. The summed E-state index contributed by atoms with van der Waals surface area (Å²) in [6.07, 6.45) is 2.52. The fourth-order valence-electron chi connectivity index (χ4n) is 4.08. The highest BCUT2D eigenvalue weighted by Crippen LogP contribution is 2.29. The first-order valence-electron chi connectivity index (χ1n) is 12.0. The van der Waals surface area contributed by atoms with Gasteiger partial charge in [-0.05, 0) is 36.1 Å². The van der Waals surface area contributed by atoms with Crippen LogP contribution in [0.2, 0.25) is 0 Å². The van der Waals surface area contributed by atoms with E-state index in [0.717, 1.165) is 12.1 Å². The van der Waals surface area contributed by atoms with Crippen LogP contribution < -0.4 is 20.3 Å². The van der Waals surface area contributed by atoms with Crippen molar-refractivity contribution in [2.45, 2.75) is 18.9 Å². The molecule has 0 aliphatic rings. The number of carbonyl (C=O) groups is 2. The molecule has 206 valence electrons. The van der Waals surface area contributed by atoms with E-state index in [1.54, 1.807) is 24.3 Å². The molecule has 4 rings (SSSR count). The van der Waals surface area contributed by atoms with Crippen molar-refractivity contribution in [2.75, 3.05) is 13.2 Å². The second-order valence-corrected chi connectivity index (χ2v) is 8.68. The van der Waals surface area contributed by atoms with Gasteiger partial charge < -0.3 is 33.6 Å². The average molecular weight is 549 g/mol. The molecule has 11 heteroatoms. The summed E-state index contributed by atoms with van der Waals surface area (Å²) >= 11 is 0. The maximum Gasteiger partial charge on any atom is 0.371 e. The van der Waals surface area contributed by atoms with Crippen molar-refractivity contribution < 1.29 is 43.2 Å². The standard InChI is InChI=1S/C29H24O11/c1-3-5-15-7-9-20(24-18(31)11-22(28(33)34)39-26(15)24)37-13-17(30)14-38-21-10-8-16(6-4-2)27-25(21)19(32)12-23(40-27)29(35)36/h3-4,7-12,17,30H,1-2,5-6,13-14H2,(H,33,34)(H,35,36). The van der Waals surface area contributed by atoms with Gasteiger partial charge in [0.15, 0.2) is 10.9 Å². The molecule has 0 atom stereocenters.